The third-order valence-corrected chi connectivity index (χ3v) is 19.6. The Kier molecular flexibility index (Phi) is 74.7. The molecule has 0 spiro atoms. The Balaban J connectivity index is 3.73. The lowest BCUT2D eigenvalue weighted by Gasteiger charge is -2.19. The van der Waals surface area contributed by atoms with Crippen LogP contribution in [0, 0.1) is 0 Å². The van der Waals surface area contributed by atoms with Gasteiger partial charge in [0.2, 0.25) is 0 Å². The van der Waals surface area contributed by atoms with Gasteiger partial charge in [-0.05, 0) is 38.5 Å². The Morgan fingerprint density at radius 3 is 0.798 bits per heavy atom. The van der Waals surface area contributed by atoms with E-state index in [-0.39, 0.29) is 38.6 Å². The molecule has 0 aliphatic rings. The maximum absolute atomic E-state index is 12.8. The first kappa shape index (κ1) is 87.8. The molecule has 0 rings (SSSR count). The Morgan fingerprint density at radius 2 is 0.551 bits per heavy atom. The minimum absolute atomic E-state index is 0.0581. The maximum atomic E-state index is 12.8. The third-order valence-electron chi connectivity index (χ3n) is 18.7. The number of phosphoric acid groups is 1. The highest BCUT2D eigenvalue weighted by Crippen LogP contribution is 2.43. The van der Waals surface area contributed by atoms with Crippen LogP contribution in [0.5, 0.6) is 0 Å². The molecule has 0 heterocycles. The molecule has 0 bridgehead atoms. The molecule has 530 valence electrons. The predicted octanol–water partition coefficient (Wildman–Crippen LogP) is 26.7. The Morgan fingerprint density at radius 1 is 0.326 bits per heavy atom. The summed E-state index contributed by atoms with van der Waals surface area (Å²) in [4.78, 5) is 35.4. The number of esters is 2. The summed E-state index contributed by atoms with van der Waals surface area (Å²) in [6.45, 7) is 3.85. The van der Waals surface area contributed by atoms with E-state index in [0.717, 1.165) is 32.1 Å². The van der Waals surface area contributed by atoms with Crippen molar-refractivity contribution in [3.05, 3.63) is 12.2 Å². The molecule has 0 amide bonds. The summed E-state index contributed by atoms with van der Waals surface area (Å²) in [5, 5.41) is 0. The van der Waals surface area contributed by atoms with Crippen LogP contribution < -0.4 is 5.73 Å². The van der Waals surface area contributed by atoms with Crippen LogP contribution in [-0.4, -0.2) is 49.3 Å². The first-order valence-corrected chi connectivity index (χ1v) is 41.7. The second-order valence-electron chi connectivity index (χ2n) is 27.7. The van der Waals surface area contributed by atoms with E-state index in [4.69, 9.17) is 24.3 Å². The van der Waals surface area contributed by atoms with E-state index in [9.17, 15) is 19.0 Å². The van der Waals surface area contributed by atoms with E-state index in [1.165, 1.54) is 385 Å². The third kappa shape index (κ3) is 75.7. The smallest absolute Gasteiger partial charge is 0.462 e. The normalized spacial score (nSPS) is 12.8. The van der Waals surface area contributed by atoms with Gasteiger partial charge in [0.1, 0.15) is 6.61 Å². The fraction of sp³-hybridized carbons (Fsp3) is 0.949. The van der Waals surface area contributed by atoms with E-state index in [0.29, 0.717) is 6.42 Å². The van der Waals surface area contributed by atoms with Crippen LogP contribution in [0.25, 0.3) is 0 Å². The van der Waals surface area contributed by atoms with Crippen LogP contribution in [0.3, 0.4) is 0 Å². The molecule has 0 saturated carbocycles. The standard InChI is InChI=1S/C79H156NO8P/c1-3-5-7-9-11-13-15-17-19-21-23-25-27-29-31-33-35-37-38-40-41-43-45-47-49-51-53-55-57-59-61-63-65-67-69-71-78(81)85-75-77(76-87-89(83,84)86-74-73-80)88-79(82)72-70-68-66-64-62-60-58-56-54-52-50-48-46-44-42-39-36-34-32-30-28-26-24-22-20-18-16-14-12-10-8-6-4-2/h22,24,77H,3-21,23,25-76,80H2,1-2H3,(H,83,84)/b24-22-. The van der Waals surface area contributed by atoms with Crippen molar-refractivity contribution in [3.63, 3.8) is 0 Å². The molecule has 9 nitrogen and oxygen atoms in total. The fourth-order valence-corrected chi connectivity index (χ4v) is 13.5. The number of phosphoric ester groups is 1. The summed E-state index contributed by atoms with van der Waals surface area (Å²) in [6, 6.07) is 0. The van der Waals surface area contributed by atoms with E-state index in [1.54, 1.807) is 0 Å². The number of unbranched alkanes of at least 4 members (excludes halogenated alkanes) is 63. The van der Waals surface area contributed by atoms with Crippen molar-refractivity contribution in [2.45, 2.75) is 457 Å². The van der Waals surface area contributed by atoms with Crippen LogP contribution in [0.2, 0.25) is 0 Å². The summed E-state index contributed by atoms with van der Waals surface area (Å²) in [7, 11) is -4.39. The van der Waals surface area contributed by atoms with Gasteiger partial charge in [-0.15, -0.1) is 0 Å². The highest BCUT2D eigenvalue weighted by Gasteiger charge is 2.26. The number of hydrogen-bond donors (Lipinski definition) is 2. The number of carbonyl (C=O) groups is 2. The Labute approximate surface area is 555 Å². The predicted molar refractivity (Wildman–Crippen MR) is 386 cm³/mol. The molecule has 0 fully saturated rings. The van der Waals surface area contributed by atoms with E-state index in [2.05, 4.69) is 26.0 Å². The zero-order chi connectivity index (χ0) is 64.4. The summed E-state index contributed by atoms with van der Waals surface area (Å²) in [5.41, 5.74) is 5.42. The largest absolute Gasteiger partial charge is 0.472 e. The molecule has 2 atom stereocenters. The first-order valence-electron chi connectivity index (χ1n) is 40.2. The van der Waals surface area contributed by atoms with Gasteiger partial charge < -0.3 is 20.1 Å². The van der Waals surface area contributed by atoms with Crippen LogP contribution in [0.4, 0.5) is 0 Å². The fourth-order valence-electron chi connectivity index (χ4n) is 12.7. The van der Waals surface area contributed by atoms with Gasteiger partial charge in [-0.1, -0.05) is 411 Å². The average Bonchev–Trinajstić information content (AvgIpc) is 3.58. The molecule has 2 unspecified atom stereocenters. The summed E-state index contributed by atoms with van der Waals surface area (Å²) in [5.74, 6) is -0.796. The van der Waals surface area contributed by atoms with Crippen molar-refractivity contribution in [2.75, 3.05) is 26.4 Å². The summed E-state index contributed by atoms with van der Waals surface area (Å²) < 4.78 is 33.3. The SMILES string of the molecule is CCCCCCCCCC/C=C\CCCCCCCCCCCCCCCCCCCCCCCC(=O)OC(COC(=O)CCCCCCCCCCCCCCCCCCCCCCCCCCCCCCCCCCCCC)COP(=O)(O)OCCN. The zero-order valence-corrected chi connectivity index (χ0v) is 60.9. The maximum Gasteiger partial charge on any atom is 0.472 e. The zero-order valence-electron chi connectivity index (χ0n) is 60.0. The van der Waals surface area contributed by atoms with Gasteiger partial charge in [-0.25, -0.2) is 4.57 Å². The van der Waals surface area contributed by atoms with Crippen LogP contribution in [0.15, 0.2) is 12.2 Å². The molecule has 10 heteroatoms. The van der Waals surface area contributed by atoms with Crippen molar-refractivity contribution in [1.82, 2.24) is 0 Å². The second kappa shape index (κ2) is 75.8. The lowest BCUT2D eigenvalue weighted by atomic mass is 10.0. The summed E-state index contributed by atoms with van der Waals surface area (Å²) >= 11 is 0. The monoisotopic (exact) mass is 1280 g/mol. The lowest BCUT2D eigenvalue weighted by Crippen LogP contribution is -2.29. The van der Waals surface area contributed by atoms with Gasteiger partial charge in [0.05, 0.1) is 13.2 Å². The van der Waals surface area contributed by atoms with Crippen molar-refractivity contribution in [2.24, 2.45) is 5.73 Å². The van der Waals surface area contributed by atoms with Crippen molar-refractivity contribution < 1.29 is 37.6 Å². The number of ether oxygens (including phenoxy) is 2. The minimum Gasteiger partial charge on any atom is -0.462 e. The average molecular weight is 1280 g/mol. The van der Waals surface area contributed by atoms with Gasteiger partial charge in [0.15, 0.2) is 6.10 Å². The molecular weight excluding hydrogens is 1120 g/mol. The van der Waals surface area contributed by atoms with Crippen molar-refractivity contribution >= 4 is 19.8 Å². The highest BCUT2D eigenvalue weighted by atomic mass is 31.2. The number of hydrogen-bond acceptors (Lipinski definition) is 8. The van der Waals surface area contributed by atoms with Gasteiger partial charge in [-0.3, -0.25) is 18.6 Å². The van der Waals surface area contributed by atoms with Crippen LogP contribution >= 0.6 is 7.82 Å². The van der Waals surface area contributed by atoms with E-state index in [1.807, 2.05) is 0 Å². The molecule has 0 radical (unpaired) electrons. The van der Waals surface area contributed by atoms with Crippen LogP contribution in [0.1, 0.15) is 450 Å². The highest BCUT2D eigenvalue weighted by molar-refractivity contribution is 7.47. The molecule has 0 aromatic carbocycles. The van der Waals surface area contributed by atoms with E-state index >= 15 is 0 Å². The number of nitrogens with two attached hydrogens (primary N) is 1. The molecule has 89 heavy (non-hydrogen) atoms. The van der Waals surface area contributed by atoms with Crippen molar-refractivity contribution in [1.29, 1.82) is 0 Å². The Bertz CT molecular complexity index is 1460. The number of allylic oxidation sites excluding steroid dienone is 2. The molecule has 3 N–H and O–H groups in total. The Hall–Kier alpha value is -1.25. The lowest BCUT2D eigenvalue weighted by molar-refractivity contribution is -0.161. The molecular formula is C79H156NO8P. The van der Waals surface area contributed by atoms with Gasteiger partial charge >= 0.3 is 19.8 Å². The van der Waals surface area contributed by atoms with E-state index < -0.39 is 26.5 Å². The number of carbonyl (C=O) groups excluding carboxylic acids is 2. The minimum atomic E-state index is -4.39. The second-order valence-corrected chi connectivity index (χ2v) is 29.1. The van der Waals surface area contributed by atoms with Crippen LogP contribution in [-0.2, 0) is 32.7 Å². The summed E-state index contributed by atoms with van der Waals surface area (Å²) in [6.07, 6.45) is 93.7. The quantitative estimate of drug-likeness (QED) is 0.0264. The molecule has 0 aromatic heterocycles. The van der Waals surface area contributed by atoms with Gasteiger partial charge in [0.25, 0.3) is 0 Å². The molecule has 0 aliphatic heterocycles. The number of rotatable bonds is 78. The van der Waals surface area contributed by atoms with Gasteiger partial charge in [-0.2, -0.15) is 0 Å². The molecule has 0 aromatic rings. The molecule has 0 aliphatic carbocycles. The van der Waals surface area contributed by atoms with Crippen molar-refractivity contribution in [3.8, 4) is 0 Å². The van der Waals surface area contributed by atoms with Gasteiger partial charge in [0, 0.05) is 19.4 Å². The molecule has 0 saturated heterocycles. The first-order chi connectivity index (χ1) is 43.8. The topological polar surface area (TPSA) is 134 Å².